The number of aryl methyl sites for hydroxylation is 2. The predicted octanol–water partition coefficient (Wildman–Crippen LogP) is 2.71. The first-order valence-electron chi connectivity index (χ1n) is 9.22. The standard InChI is InChI=1S/C20H20N4O3S/c1-3-21-17(25)12-6-8-13(9-7-12)22-18(26)16-11(2)15-19(28-16)23-14-5-4-10-24(14)20(15)27/h6-9H,3-5,10H2,1-2H3,(H,21,25)(H,22,26). The Morgan fingerprint density at radius 2 is 1.96 bits per heavy atom. The van der Waals surface area contributed by atoms with Crippen molar-refractivity contribution < 1.29 is 9.59 Å². The number of carbonyl (C=O) groups excluding carboxylic acids is 2. The molecule has 4 rings (SSSR count). The lowest BCUT2D eigenvalue weighted by Gasteiger charge is -2.06. The summed E-state index contributed by atoms with van der Waals surface area (Å²) in [5.74, 6) is 0.364. The van der Waals surface area contributed by atoms with E-state index in [1.807, 2.05) is 6.92 Å². The minimum absolute atomic E-state index is 0.0587. The van der Waals surface area contributed by atoms with Crippen LogP contribution in [-0.2, 0) is 13.0 Å². The van der Waals surface area contributed by atoms with Crippen LogP contribution in [-0.4, -0.2) is 27.9 Å². The molecule has 2 aromatic heterocycles. The van der Waals surface area contributed by atoms with Crippen LogP contribution in [0.25, 0.3) is 10.2 Å². The number of amides is 2. The molecule has 2 N–H and O–H groups in total. The van der Waals surface area contributed by atoms with Gasteiger partial charge in [0.2, 0.25) is 0 Å². The first-order chi connectivity index (χ1) is 13.5. The van der Waals surface area contributed by atoms with Gasteiger partial charge in [-0.25, -0.2) is 4.98 Å². The van der Waals surface area contributed by atoms with Crippen molar-refractivity contribution in [1.29, 1.82) is 0 Å². The maximum absolute atomic E-state index is 12.8. The van der Waals surface area contributed by atoms with E-state index in [0.717, 1.165) is 18.7 Å². The molecule has 0 bridgehead atoms. The topological polar surface area (TPSA) is 93.1 Å². The van der Waals surface area contributed by atoms with E-state index in [4.69, 9.17) is 0 Å². The summed E-state index contributed by atoms with van der Waals surface area (Å²) in [6.45, 7) is 4.89. The second-order valence-electron chi connectivity index (χ2n) is 6.72. The van der Waals surface area contributed by atoms with Crippen molar-refractivity contribution in [2.45, 2.75) is 33.2 Å². The number of benzene rings is 1. The molecule has 1 aromatic carbocycles. The summed E-state index contributed by atoms with van der Waals surface area (Å²) in [6.07, 6.45) is 1.72. The second-order valence-corrected chi connectivity index (χ2v) is 7.71. The lowest BCUT2D eigenvalue weighted by atomic mass is 10.1. The van der Waals surface area contributed by atoms with E-state index in [0.29, 0.717) is 45.0 Å². The molecule has 2 amide bonds. The van der Waals surface area contributed by atoms with Crippen LogP contribution in [0.4, 0.5) is 5.69 Å². The zero-order chi connectivity index (χ0) is 19.8. The molecule has 3 heterocycles. The quantitative estimate of drug-likeness (QED) is 0.709. The predicted molar refractivity (Wildman–Crippen MR) is 109 cm³/mol. The molecule has 7 nitrogen and oxygen atoms in total. The van der Waals surface area contributed by atoms with Crippen LogP contribution in [0, 0.1) is 6.92 Å². The van der Waals surface area contributed by atoms with Gasteiger partial charge in [-0.05, 0) is 50.1 Å². The Kier molecular flexibility index (Phi) is 4.72. The van der Waals surface area contributed by atoms with Gasteiger partial charge in [0.25, 0.3) is 17.4 Å². The van der Waals surface area contributed by atoms with Crippen molar-refractivity contribution in [2.24, 2.45) is 0 Å². The maximum atomic E-state index is 12.8. The van der Waals surface area contributed by atoms with Gasteiger partial charge in [-0.1, -0.05) is 0 Å². The van der Waals surface area contributed by atoms with Crippen LogP contribution in [0.1, 0.15) is 44.8 Å². The van der Waals surface area contributed by atoms with Gasteiger partial charge < -0.3 is 10.6 Å². The number of carbonyl (C=O) groups is 2. The molecular weight excluding hydrogens is 376 g/mol. The Morgan fingerprint density at radius 1 is 1.21 bits per heavy atom. The van der Waals surface area contributed by atoms with Gasteiger partial charge in [-0.2, -0.15) is 0 Å². The molecule has 1 aliphatic heterocycles. The fourth-order valence-corrected chi connectivity index (χ4v) is 4.53. The van der Waals surface area contributed by atoms with Gasteiger partial charge in [0.1, 0.15) is 10.7 Å². The summed E-state index contributed by atoms with van der Waals surface area (Å²) in [5, 5.41) is 6.10. The number of anilines is 1. The summed E-state index contributed by atoms with van der Waals surface area (Å²) in [6, 6.07) is 6.70. The molecule has 0 spiro atoms. The van der Waals surface area contributed by atoms with Crippen LogP contribution in [0.3, 0.4) is 0 Å². The van der Waals surface area contributed by atoms with E-state index < -0.39 is 0 Å². The van der Waals surface area contributed by atoms with Gasteiger partial charge >= 0.3 is 0 Å². The molecule has 0 aliphatic carbocycles. The molecule has 0 atom stereocenters. The average molecular weight is 396 g/mol. The van der Waals surface area contributed by atoms with Crippen LogP contribution < -0.4 is 16.2 Å². The highest BCUT2D eigenvalue weighted by Crippen LogP contribution is 2.29. The van der Waals surface area contributed by atoms with E-state index >= 15 is 0 Å². The van der Waals surface area contributed by atoms with E-state index in [9.17, 15) is 14.4 Å². The van der Waals surface area contributed by atoms with Crippen LogP contribution in [0.2, 0.25) is 0 Å². The molecule has 0 saturated heterocycles. The third-order valence-corrected chi connectivity index (χ3v) is 6.04. The molecule has 0 radical (unpaired) electrons. The van der Waals surface area contributed by atoms with Crippen molar-refractivity contribution in [2.75, 3.05) is 11.9 Å². The Balaban J connectivity index is 1.61. The highest BCUT2D eigenvalue weighted by Gasteiger charge is 2.23. The third kappa shape index (κ3) is 3.09. The summed E-state index contributed by atoms with van der Waals surface area (Å²) >= 11 is 1.25. The van der Waals surface area contributed by atoms with Crippen molar-refractivity contribution in [3.8, 4) is 0 Å². The lowest BCUT2D eigenvalue weighted by Crippen LogP contribution is -2.22. The fourth-order valence-electron chi connectivity index (χ4n) is 3.45. The monoisotopic (exact) mass is 396 g/mol. The highest BCUT2D eigenvalue weighted by molar-refractivity contribution is 7.20. The number of rotatable bonds is 4. The molecule has 8 heteroatoms. The molecule has 28 heavy (non-hydrogen) atoms. The lowest BCUT2D eigenvalue weighted by molar-refractivity contribution is 0.0955. The third-order valence-electron chi connectivity index (χ3n) is 4.86. The Bertz CT molecular complexity index is 1140. The Labute approximate surface area is 165 Å². The molecular formula is C20H20N4O3S. The van der Waals surface area contributed by atoms with Crippen molar-refractivity contribution in [3.05, 3.63) is 56.4 Å². The summed E-state index contributed by atoms with van der Waals surface area (Å²) < 4.78 is 1.71. The number of aromatic nitrogens is 2. The highest BCUT2D eigenvalue weighted by atomic mass is 32.1. The fraction of sp³-hybridized carbons (Fsp3) is 0.300. The van der Waals surface area contributed by atoms with Gasteiger partial charge in [0, 0.05) is 30.8 Å². The minimum Gasteiger partial charge on any atom is -0.352 e. The van der Waals surface area contributed by atoms with Gasteiger partial charge in [0.15, 0.2) is 0 Å². The van der Waals surface area contributed by atoms with Crippen LogP contribution >= 0.6 is 11.3 Å². The van der Waals surface area contributed by atoms with Crippen molar-refractivity contribution >= 4 is 39.1 Å². The Hall–Kier alpha value is -3.00. The van der Waals surface area contributed by atoms with Crippen molar-refractivity contribution in [3.63, 3.8) is 0 Å². The molecule has 0 unspecified atom stereocenters. The number of fused-ring (bicyclic) bond motifs is 2. The number of nitrogens with zero attached hydrogens (tertiary/aromatic N) is 2. The average Bonchev–Trinajstić information content (AvgIpc) is 3.28. The zero-order valence-corrected chi connectivity index (χ0v) is 16.5. The molecule has 0 fully saturated rings. The van der Waals surface area contributed by atoms with E-state index in [-0.39, 0.29) is 17.4 Å². The van der Waals surface area contributed by atoms with Gasteiger partial charge in [-0.3, -0.25) is 19.0 Å². The summed E-state index contributed by atoms with van der Waals surface area (Å²) in [7, 11) is 0. The second kappa shape index (κ2) is 7.20. The zero-order valence-electron chi connectivity index (χ0n) is 15.7. The van der Waals surface area contributed by atoms with Gasteiger partial charge in [-0.15, -0.1) is 11.3 Å². The van der Waals surface area contributed by atoms with Crippen LogP contribution in [0.5, 0.6) is 0 Å². The number of hydrogen-bond acceptors (Lipinski definition) is 5. The summed E-state index contributed by atoms with van der Waals surface area (Å²) in [5.41, 5.74) is 1.72. The molecule has 3 aromatic rings. The number of hydrogen-bond donors (Lipinski definition) is 2. The maximum Gasteiger partial charge on any atom is 0.266 e. The van der Waals surface area contributed by atoms with E-state index in [1.165, 1.54) is 11.3 Å². The van der Waals surface area contributed by atoms with Crippen LogP contribution in [0.15, 0.2) is 29.1 Å². The van der Waals surface area contributed by atoms with E-state index in [2.05, 4.69) is 15.6 Å². The smallest absolute Gasteiger partial charge is 0.266 e. The van der Waals surface area contributed by atoms with Crippen molar-refractivity contribution in [1.82, 2.24) is 14.9 Å². The first-order valence-corrected chi connectivity index (χ1v) is 10.0. The minimum atomic E-state index is -0.282. The molecule has 144 valence electrons. The normalized spacial score (nSPS) is 12.8. The first kappa shape index (κ1) is 18.4. The number of nitrogens with one attached hydrogen (secondary N) is 2. The molecule has 1 aliphatic rings. The largest absolute Gasteiger partial charge is 0.352 e. The van der Waals surface area contributed by atoms with E-state index in [1.54, 1.807) is 35.8 Å². The summed E-state index contributed by atoms with van der Waals surface area (Å²) in [4.78, 5) is 43.0. The molecule has 0 saturated carbocycles. The van der Waals surface area contributed by atoms with Gasteiger partial charge in [0.05, 0.1) is 10.3 Å². The number of thiophene rings is 1. The Morgan fingerprint density at radius 3 is 2.68 bits per heavy atom. The SMILES string of the molecule is CCNC(=O)c1ccc(NC(=O)c2sc3nc4n(c(=O)c3c2C)CCC4)cc1.